The van der Waals surface area contributed by atoms with E-state index < -0.39 is 15.6 Å². The fourth-order valence-electron chi connectivity index (χ4n) is 4.37. The van der Waals surface area contributed by atoms with Crippen LogP contribution >= 0.6 is 0 Å². The van der Waals surface area contributed by atoms with E-state index in [0.717, 1.165) is 56.1 Å². The lowest BCUT2D eigenvalue weighted by atomic mass is 9.96. The quantitative estimate of drug-likeness (QED) is 0.736. The molecule has 1 aromatic carbocycles. The van der Waals surface area contributed by atoms with E-state index in [0.29, 0.717) is 12.5 Å². The van der Waals surface area contributed by atoms with Gasteiger partial charge in [-0.15, -0.1) is 10.2 Å². The van der Waals surface area contributed by atoms with Crippen molar-refractivity contribution in [2.75, 3.05) is 13.1 Å². The zero-order chi connectivity index (χ0) is 20.4. The minimum Gasteiger partial charge on any atom is -0.315 e. The highest BCUT2D eigenvalue weighted by Gasteiger charge is 2.28. The Balaban J connectivity index is 1.44. The number of aryl methyl sites for hydroxylation is 1. The van der Waals surface area contributed by atoms with Crippen molar-refractivity contribution in [2.24, 2.45) is 0 Å². The molecule has 29 heavy (non-hydrogen) atoms. The summed E-state index contributed by atoms with van der Waals surface area (Å²) in [6.45, 7) is 3.48. The van der Waals surface area contributed by atoms with Crippen molar-refractivity contribution in [3.63, 3.8) is 0 Å². The van der Waals surface area contributed by atoms with Crippen molar-refractivity contribution < 1.29 is 17.2 Å². The highest BCUT2D eigenvalue weighted by molar-refractivity contribution is 7.91. The smallest absolute Gasteiger partial charge is 0.315 e. The molecule has 0 bridgehead atoms. The van der Waals surface area contributed by atoms with Gasteiger partial charge in [0.1, 0.15) is 11.6 Å². The van der Waals surface area contributed by atoms with Crippen LogP contribution in [0.2, 0.25) is 0 Å². The van der Waals surface area contributed by atoms with Gasteiger partial charge in [-0.1, -0.05) is 18.6 Å². The molecule has 1 fully saturated rings. The molecule has 0 aliphatic carbocycles. The number of nitrogens with zero attached hydrogens (tertiary/aromatic N) is 4. The average molecular weight is 425 g/mol. The second-order valence-electron chi connectivity index (χ2n) is 7.96. The van der Waals surface area contributed by atoms with Crippen LogP contribution < -0.4 is 0 Å². The number of rotatable bonds is 5. The van der Waals surface area contributed by atoms with E-state index in [4.69, 9.17) is 0 Å². The fraction of sp³-hybridized carbons (Fsp3) is 0.600. The summed E-state index contributed by atoms with van der Waals surface area (Å²) in [5.41, 5.74) is 0.916. The predicted octanol–water partition coefficient (Wildman–Crippen LogP) is 3.38. The van der Waals surface area contributed by atoms with Crippen molar-refractivity contribution >= 4 is 9.84 Å². The van der Waals surface area contributed by atoms with Crippen LogP contribution in [0.5, 0.6) is 0 Å². The first kappa shape index (κ1) is 20.4. The summed E-state index contributed by atoms with van der Waals surface area (Å²) in [5, 5.41) is 8.93. The highest BCUT2D eigenvalue weighted by Crippen LogP contribution is 2.29. The van der Waals surface area contributed by atoms with Gasteiger partial charge in [-0.3, -0.25) is 4.90 Å². The van der Waals surface area contributed by atoms with Crippen LogP contribution in [0.3, 0.4) is 0 Å². The van der Waals surface area contributed by atoms with E-state index in [-0.39, 0.29) is 4.90 Å². The third-order valence-corrected chi connectivity index (χ3v) is 7.30. The van der Waals surface area contributed by atoms with Gasteiger partial charge in [0.25, 0.3) is 0 Å². The molecule has 2 aliphatic rings. The number of hydrogen-bond acceptors (Lipinski definition) is 5. The fourth-order valence-corrected chi connectivity index (χ4v) is 5.09. The maximum atomic E-state index is 12.7. The molecule has 0 radical (unpaired) electrons. The number of aromatic nitrogens is 3. The summed E-state index contributed by atoms with van der Waals surface area (Å²) in [4.78, 5) is 1.99. The number of sulfone groups is 1. The molecule has 0 spiro atoms. The van der Waals surface area contributed by atoms with Crippen molar-refractivity contribution in [1.82, 2.24) is 19.7 Å². The Kier molecular flexibility index (Phi) is 5.96. The van der Waals surface area contributed by atoms with Gasteiger partial charge in [0.15, 0.2) is 0 Å². The molecule has 3 heterocycles. The van der Waals surface area contributed by atoms with Crippen LogP contribution in [-0.2, 0) is 29.3 Å². The Morgan fingerprint density at radius 1 is 1.03 bits per heavy atom. The van der Waals surface area contributed by atoms with E-state index in [9.17, 15) is 17.2 Å². The number of alkyl halides is 2. The number of likely N-dealkylation sites (tertiary alicyclic amines) is 1. The minimum absolute atomic E-state index is 0.334. The van der Waals surface area contributed by atoms with E-state index in [2.05, 4.69) is 19.7 Å². The summed E-state index contributed by atoms with van der Waals surface area (Å²) in [5.74, 6) is -0.869. The number of piperidine rings is 1. The lowest BCUT2D eigenvalue weighted by Gasteiger charge is -2.32. The van der Waals surface area contributed by atoms with E-state index in [1.165, 1.54) is 31.4 Å². The molecule has 0 amide bonds. The van der Waals surface area contributed by atoms with Crippen LogP contribution in [0.4, 0.5) is 8.78 Å². The van der Waals surface area contributed by atoms with Gasteiger partial charge in [0.2, 0.25) is 9.84 Å². The van der Waals surface area contributed by atoms with Gasteiger partial charge in [0, 0.05) is 32.0 Å². The summed E-state index contributed by atoms with van der Waals surface area (Å²) in [6.07, 6.45) is 6.72. The van der Waals surface area contributed by atoms with Crippen molar-refractivity contribution in [3.8, 4) is 0 Å². The summed E-state index contributed by atoms with van der Waals surface area (Å²) >= 11 is 0. The molecule has 4 rings (SSSR count). The van der Waals surface area contributed by atoms with Crippen molar-refractivity contribution in [3.05, 3.63) is 41.5 Å². The van der Waals surface area contributed by atoms with Gasteiger partial charge in [-0.25, -0.2) is 8.42 Å². The number of halogens is 2. The molecule has 1 aromatic heterocycles. The van der Waals surface area contributed by atoms with Crippen LogP contribution in [0, 0.1) is 0 Å². The Morgan fingerprint density at radius 3 is 2.59 bits per heavy atom. The zero-order valence-corrected chi connectivity index (χ0v) is 17.1. The summed E-state index contributed by atoms with van der Waals surface area (Å²) in [6, 6.07) is 5.80. The van der Waals surface area contributed by atoms with Crippen molar-refractivity contribution in [1.29, 1.82) is 0 Å². The largest absolute Gasteiger partial charge is 0.341 e. The van der Waals surface area contributed by atoms with Gasteiger partial charge < -0.3 is 4.57 Å². The molecule has 2 aromatic rings. The molecular formula is C20H26F2N4O2S. The van der Waals surface area contributed by atoms with Gasteiger partial charge in [0.05, 0.1) is 4.90 Å². The highest BCUT2D eigenvalue weighted by atomic mass is 32.2. The standard InChI is InChI=1S/C20H26F2N4O2S/c21-20(22)29(27,28)17-9-7-15(8-10-17)13-25-11-4-5-16(14-25)19-24-23-18-6-2-1-3-12-26(18)19/h7-10,16,20H,1-6,11-14H2. The first-order valence-corrected chi connectivity index (χ1v) is 11.7. The normalized spacial score (nSPS) is 21.1. The molecule has 1 saturated heterocycles. The van der Waals surface area contributed by atoms with Crippen molar-refractivity contribution in [2.45, 2.75) is 68.2 Å². The predicted molar refractivity (Wildman–Crippen MR) is 104 cm³/mol. The van der Waals surface area contributed by atoms with Gasteiger partial charge in [-0.05, 0) is 49.9 Å². The zero-order valence-electron chi connectivity index (χ0n) is 16.3. The molecular weight excluding hydrogens is 398 g/mol. The first-order chi connectivity index (χ1) is 13.9. The molecule has 1 atom stereocenters. The topological polar surface area (TPSA) is 68.1 Å². The average Bonchev–Trinajstić information content (AvgIpc) is 2.97. The third-order valence-electron chi connectivity index (χ3n) is 5.90. The Bertz CT molecular complexity index is 944. The van der Waals surface area contributed by atoms with Crippen LogP contribution in [0.15, 0.2) is 29.2 Å². The number of fused-ring (bicyclic) bond motifs is 1. The van der Waals surface area contributed by atoms with Crippen LogP contribution in [0.1, 0.15) is 55.2 Å². The Morgan fingerprint density at radius 2 is 1.83 bits per heavy atom. The summed E-state index contributed by atoms with van der Waals surface area (Å²) in [7, 11) is -4.54. The van der Waals surface area contributed by atoms with Crippen LogP contribution in [-0.4, -0.2) is 46.9 Å². The van der Waals surface area contributed by atoms with Gasteiger partial charge in [-0.2, -0.15) is 8.78 Å². The molecule has 0 saturated carbocycles. The maximum absolute atomic E-state index is 12.7. The Hall–Kier alpha value is -1.87. The minimum atomic E-state index is -4.54. The van der Waals surface area contributed by atoms with Crippen LogP contribution in [0.25, 0.3) is 0 Å². The lowest BCUT2D eigenvalue weighted by molar-refractivity contribution is 0.194. The Labute approximate surface area is 169 Å². The number of hydrogen-bond donors (Lipinski definition) is 0. The molecule has 0 N–H and O–H groups in total. The second kappa shape index (κ2) is 8.47. The lowest BCUT2D eigenvalue weighted by Crippen LogP contribution is -2.35. The molecule has 2 aliphatic heterocycles. The van der Waals surface area contributed by atoms with E-state index in [1.54, 1.807) is 12.1 Å². The molecule has 1 unspecified atom stereocenters. The molecule has 158 valence electrons. The van der Waals surface area contributed by atoms with E-state index >= 15 is 0 Å². The SMILES string of the molecule is O=S(=O)(c1ccc(CN2CCCC(c3nnc4n3CCCCC4)C2)cc1)C(F)F. The first-order valence-electron chi connectivity index (χ1n) is 10.2. The molecule has 9 heteroatoms. The summed E-state index contributed by atoms with van der Waals surface area (Å²) < 4.78 is 50.8. The second-order valence-corrected chi connectivity index (χ2v) is 9.88. The number of benzene rings is 1. The van der Waals surface area contributed by atoms with Gasteiger partial charge >= 0.3 is 5.76 Å². The third kappa shape index (κ3) is 4.35. The van der Waals surface area contributed by atoms with E-state index in [1.807, 2.05) is 0 Å². The monoisotopic (exact) mass is 424 g/mol. The maximum Gasteiger partial charge on any atom is 0.341 e. The molecule has 6 nitrogen and oxygen atoms in total.